The molecule has 0 unspecified atom stereocenters. The fourth-order valence-corrected chi connectivity index (χ4v) is 1.38. The molecule has 5 heteroatoms. The highest BCUT2D eigenvalue weighted by Crippen LogP contribution is 2.11. The molecule has 0 spiro atoms. The Morgan fingerprint density at radius 1 is 1.67 bits per heavy atom. The lowest BCUT2D eigenvalue weighted by Crippen LogP contribution is -2.21. The van der Waals surface area contributed by atoms with Gasteiger partial charge in [0, 0.05) is 20.3 Å². The smallest absolute Gasteiger partial charge is 0.282 e. The van der Waals surface area contributed by atoms with Crippen molar-refractivity contribution >= 4 is 23.5 Å². The van der Waals surface area contributed by atoms with Crippen LogP contribution in [0.1, 0.15) is 19.5 Å². The molecule has 1 aromatic rings. The van der Waals surface area contributed by atoms with Crippen LogP contribution in [0.4, 0.5) is 0 Å². The summed E-state index contributed by atoms with van der Waals surface area (Å²) in [5, 5.41) is 0.349. The van der Waals surface area contributed by atoms with E-state index < -0.39 is 0 Å². The van der Waals surface area contributed by atoms with Crippen molar-refractivity contribution in [2.75, 3.05) is 14.1 Å². The van der Waals surface area contributed by atoms with Gasteiger partial charge in [0.25, 0.3) is 5.91 Å². The molecule has 0 radical (unpaired) electrons. The van der Waals surface area contributed by atoms with E-state index in [1.165, 1.54) is 11.1 Å². The van der Waals surface area contributed by atoms with Crippen LogP contribution in [-0.4, -0.2) is 36.2 Å². The van der Waals surface area contributed by atoms with Crippen molar-refractivity contribution < 1.29 is 9.59 Å². The van der Waals surface area contributed by atoms with Gasteiger partial charge in [-0.3, -0.25) is 9.59 Å². The third-order valence-corrected chi connectivity index (χ3v) is 2.14. The Kier molecular flexibility index (Phi) is 2.54. The molecule has 1 amide bonds. The molecule has 0 N–H and O–H groups in total. The maximum absolute atomic E-state index is 11.2. The van der Waals surface area contributed by atoms with Gasteiger partial charge in [0.15, 0.2) is 11.3 Å². The van der Waals surface area contributed by atoms with E-state index in [2.05, 4.69) is 4.98 Å². The van der Waals surface area contributed by atoms with Crippen molar-refractivity contribution in [1.82, 2.24) is 9.88 Å². The van der Waals surface area contributed by atoms with Crippen molar-refractivity contribution in [3.8, 4) is 0 Å². The molecule has 0 aliphatic carbocycles. The second-order valence-corrected chi connectivity index (χ2v) is 3.45. The summed E-state index contributed by atoms with van der Waals surface area (Å²) in [6.45, 7) is 0. The summed E-state index contributed by atoms with van der Waals surface area (Å²) in [6, 6.07) is 0. The fourth-order valence-electron chi connectivity index (χ4n) is 0.631. The first-order valence-corrected chi connectivity index (χ1v) is 4.09. The second-order valence-electron chi connectivity index (χ2n) is 2.39. The summed E-state index contributed by atoms with van der Waals surface area (Å²) in [6.07, 6.45) is 2.08. The van der Waals surface area contributed by atoms with Crippen LogP contribution in [0.15, 0.2) is 6.20 Å². The van der Waals surface area contributed by atoms with Crippen LogP contribution in [-0.2, 0) is 0 Å². The van der Waals surface area contributed by atoms with Crippen LogP contribution in [0.25, 0.3) is 0 Å². The van der Waals surface area contributed by atoms with Gasteiger partial charge in [-0.2, -0.15) is 0 Å². The van der Waals surface area contributed by atoms with E-state index in [9.17, 15) is 9.59 Å². The van der Waals surface area contributed by atoms with Crippen molar-refractivity contribution in [2.45, 2.75) is 0 Å². The van der Waals surface area contributed by atoms with Crippen molar-refractivity contribution in [1.29, 1.82) is 0 Å². The Labute approximate surface area is 73.8 Å². The van der Waals surface area contributed by atoms with Crippen molar-refractivity contribution in [3.05, 3.63) is 16.1 Å². The molecule has 0 aliphatic heterocycles. The molecule has 12 heavy (non-hydrogen) atoms. The number of hydrogen-bond donors (Lipinski definition) is 0. The Bertz CT molecular complexity index is 306. The zero-order chi connectivity index (χ0) is 9.14. The minimum Gasteiger partial charge on any atom is -0.343 e. The first-order chi connectivity index (χ1) is 5.65. The summed E-state index contributed by atoms with van der Waals surface area (Å²) < 4.78 is 0. The van der Waals surface area contributed by atoms with Gasteiger partial charge in [0.2, 0.25) is 0 Å². The Morgan fingerprint density at radius 3 is 2.75 bits per heavy atom. The van der Waals surface area contributed by atoms with Gasteiger partial charge in [-0.1, -0.05) is 0 Å². The second kappa shape index (κ2) is 3.44. The number of carbonyl (C=O) groups excluding carboxylic acids is 2. The summed E-state index contributed by atoms with van der Waals surface area (Å²) >= 11 is 1.10. The molecular formula is C7H8N2O2S. The number of rotatable bonds is 2. The normalized spacial score (nSPS) is 9.50. The van der Waals surface area contributed by atoms with Crippen LogP contribution in [0.5, 0.6) is 0 Å². The molecule has 0 saturated heterocycles. The maximum Gasteiger partial charge on any atom is 0.282 e. The number of thiazole rings is 1. The molecule has 0 aliphatic rings. The van der Waals surface area contributed by atoms with Crippen LogP contribution < -0.4 is 0 Å². The molecule has 1 heterocycles. The van der Waals surface area contributed by atoms with Gasteiger partial charge in [-0.05, 0) is 0 Å². The minimum atomic E-state index is -0.173. The highest BCUT2D eigenvalue weighted by molar-refractivity contribution is 7.15. The summed E-state index contributed by atoms with van der Waals surface area (Å²) in [7, 11) is 3.29. The lowest BCUT2D eigenvalue weighted by molar-refractivity contribution is 0.0827. The van der Waals surface area contributed by atoms with Crippen molar-refractivity contribution in [2.24, 2.45) is 0 Å². The zero-order valence-electron chi connectivity index (χ0n) is 6.77. The van der Waals surface area contributed by atoms with Crippen LogP contribution in [0, 0.1) is 0 Å². The Morgan fingerprint density at radius 2 is 2.33 bits per heavy atom. The number of nitrogens with zero attached hydrogens (tertiary/aromatic N) is 2. The average molecular weight is 184 g/mol. The SMILES string of the molecule is CN(C)C(=O)c1ncc(C=O)s1. The first-order valence-electron chi connectivity index (χ1n) is 3.28. The molecule has 0 atom stereocenters. The fraction of sp³-hybridized carbons (Fsp3) is 0.286. The third kappa shape index (κ3) is 1.68. The predicted octanol–water partition coefficient (Wildman–Crippen LogP) is 0.657. The highest BCUT2D eigenvalue weighted by atomic mass is 32.1. The van der Waals surface area contributed by atoms with E-state index in [0.717, 1.165) is 11.3 Å². The number of carbonyl (C=O) groups is 2. The number of amides is 1. The minimum absolute atomic E-state index is 0.173. The maximum atomic E-state index is 11.2. The number of aldehydes is 1. The van der Waals surface area contributed by atoms with E-state index in [0.29, 0.717) is 16.2 Å². The molecule has 0 fully saturated rings. The molecule has 0 saturated carbocycles. The molecule has 64 valence electrons. The topological polar surface area (TPSA) is 50.3 Å². The van der Waals surface area contributed by atoms with Gasteiger partial charge < -0.3 is 4.90 Å². The molecule has 4 nitrogen and oxygen atoms in total. The van der Waals surface area contributed by atoms with E-state index in [4.69, 9.17) is 0 Å². The first kappa shape index (κ1) is 8.86. The zero-order valence-corrected chi connectivity index (χ0v) is 7.59. The van der Waals surface area contributed by atoms with E-state index in [-0.39, 0.29) is 5.91 Å². The van der Waals surface area contributed by atoms with E-state index in [1.54, 1.807) is 14.1 Å². The third-order valence-electron chi connectivity index (χ3n) is 1.23. The van der Waals surface area contributed by atoms with Crippen LogP contribution >= 0.6 is 11.3 Å². The number of aromatic nitrogens is 1. The molecule has 1 rings (SSSR count). The van der Waals surface area contributed by atoms with Gasteiger partial charge in [0.1, 0.15) is 0 Å². The van der Waals surface area contributed by atoms with Gasteiger partial charge in [-0.25, -0.2) is 4.98 Å². The van der Waals surface area contributed by atoms with E-state index >= 15 is 0 Å². The monoisotopic (exact) mass is 184 g/mol. The molecule has 0 aromatic carbocycles. The summed E-state index contributed by atoms with van der Waals surface area (Å²) in [5.41, 5.74) is 0. The van der Waals surface area contributed by atoms with Crippen molar-refractivity contribution in [3.63, 3.8) is 0 Å². The van der Waals surface area contributed by atoms with Gasteiger partial charge in [0.05, 0.1) is 4.88 Å². The summed E-state index contributed by atoms with van der Waals surface area (Å²) in [5.74, 6) is -0.173. The predicted molar refractivity (Wildman–Crippen MR) is 45.5 cm³/mol. The molecule has 0 bridgehead atoms. The van der Waals surface area contributed by atoms with E-state index in [1.807, 2.05) is 0 Å². The Hall–Kier alpha value is -1.23. The lowest BCUT2D eigenvalue weighted by Gasteiger charge is -2.05. The van der Waals surface area contributed by atoms with Gasteiger partial charge in [-0.15, -0.1) is 11.3 Å². The molecular weight excluding hydrogens is 176 g/mol. The summed E-state index contributed by atoms with van der Waals surface area (Å²) in [4.78, 5) is 27.2. The van der Waals surface area contributed by atoms with Crippen LogP contribution in [0.2, 0.25) is 0 Å². The largest absolute Gasteiger partial charge is 0.343 e. The molecule has 1 aromatic heterocycles. The standard InChI is InChI=1S/C7H8N2O2S/c1-9(2)7(11)6-8-3-5(4-10)12-6/h3-4H,1-2H3. The highest BCUT2D eigenvalue weighted by Gasteiger charge is 2.11. The lowest BCUT2D eigenvalue weighted by atomic mass is 10.6. The van der Waals surface area contributed by atoms with Gasteiger partial charge >= 0.3 is 0 Å². The van der Waals surface area contributed by atoms with Crippen LogP contribution in [0.3, 0.4) is 0 Å². The quantitative estimate of drug-likeness (QED) is 0.634. The average Bonchev–Trinajstić information content (AvgIpc) is 2.50. The Balaban J connectivity index is 2.89. The number of hydrogen-bond acceptors (Lipinski definition) is 4.